The molecule has 3 rings (SSSR count). The van der Waals surface area contributed by atoms with Gasteiger partial charge in [-0.2, -0.15) is 0 Å². The summed E-state index contributed by atoms with van der Waals surface area (Å²) in [5.41, 5.74) is 0. The summed E-state index contributed by atoms with van der Waals surface area (Å²) in [5.74, 6) is 0. The molecule has 0 radical (unpaired) electrons. The van der Waals surface area contributed by atoms with Gasteiger partial charge in [-0.15, -0.1) is 0 Å². The van der Waals surface area contributed by atoms with E-state index in [0.717, 1.165) is 0 Å². The van der Waals surface area contributed by atoms with E-state index in [9.17, 15) is 60.5 Å². The number of aliphatic hydroxyl groups is 11. The lowest BCUT2D eigenvalue weighted by molar-refractivity contribution is -0.376. The van der Waals surface area contributed by atoms with E-state index in [-0.39, 0.29) is 0 Å². The number of hydrogen-bond acceptors (Lipinski definition) is 19. The van der Waals surface area contributed by atoms with Crippen molar-refractivity contribution >= 4 is 7.82 Å². The van der Waals surface area contributed by atoms with Gasteiger partial charge in [0, 0.05) is 0 Å². The summed E-state index contributed by atoms with van der Waals surface area (Å²) in [5, 5.41) is 111. The summed E-state index contributed by atoms with van der Waals surface area (Å²) in [6.07, 6.45) is -28.0. The van der Waals surface area contributed by atoms with Crippen LogP contribution in [-0.4, -0.2) is 186 Å². The van der Waals surface area contributed by atoms with Crippen molar-refractivity contribution in [3.05, 3.63) is 0 Å². The number of rotatable bonds is 12. The van der Waals surface area contributed by atoms with E-state index in [4.69, 9.17) is 33.3 Å². The Morgan fingerprint density at radius 2 is 1.29 bits per heavy atom. The van der Waals surface area contributed by atoms with Crippen molar-refractivity contribution in [2.75, 3.05) is 26.4 Å². The third kappa shape index (κ3) is 8.19. The topological polar surface area (TPSA) is 324 Å². The first kappa shape index (κ1) is 35.9. The first-order chi connectivity index (χ1) is 19.6. The van der Waals surface area contributed by atoms with Gasteiger partial charge >= 0.3 is 7.82 Å². The second-order valence-corrected chi connectivity index (χ2v) is 11.4. The molecular formula is C21H39O20P. The SMILES string of the molecule is C[C@@H]1O[C@@H](O)[C@H](O)[C@H](O[C@H]2O[C@H](CO)[C@@H](O[C@@H]3O[C@H](CO)[C@H](O)[C@H](OP(=O)(O)OCC(O)CO)[C@H]3O)[C@H](O)[C@H]2O)[C@H]1O. The molecule has 20 nitrogen and oxygen atoms in total. The van der Waals surface area contributed by atoms with E-state index in [2.05, 4.69) is 4.52 Å². The molecule has 248 valence electrons. The Kier molecular flexibility index (Phi) is 13.0. The van der Waals surface area contributed by atoms with Gasteiger partial charge in [-0.25, -0.2) is 4.57 Å². The molecule has 3 aliphatic heterocycles. The Balaban J connectivity index is 1.74. The summed E-state index contributed by atoms with van der Waals surface area (Å²) >= 11 is 0. The zero-order chi connectivity index (χ0) is 31.5. The van der Waals surface area contributed by atoms with Crippen molar-refractivity contribution in [2.45, 2.75) is 105 Å². The zero-order valence-corrected chi connectivity index (χ0v) is 23.0. The first-order valence-electron chi connectivity index (χ1n) is 12.9. The molecule has 0 aromatic carbocycles. The van der Waals surface area contributed by atoms with Crippen LogP contribution in [0, 0.1) is 0 Å². The van der Waals surface area contributed by atoms with Gasteiger partial charge in [-0.1, -0.05) is 0 Å². The molecule has 3 saturated heterocycles. The van der Waals surface area contributed by atoms with Gasteiger partial charge in [0.05, 0.1) is 32.5 Å². The van der Waals surface area contributed by atoms with Crippen molar-refractivity contribution in [3.63, 3.8) is 0 Å². The number of phosphoric acid groups is 1. The first-order valence-corrected chi connectivity index (χ1v) is 14.3. The smallest absolute Gasteiger partial charge is 0.394 e. The largest absolute Gasteiger partial charge is 0.472 e. The maximum Gasteiger partial charge on any atom is 0.472 e. The highest BCUT2D eigenvalue weighted by Crippen LogP contribution is 2.47. The molecule has 3 aliphatic rings. The Hall–Kier alpha value is -0.530. The molecule has 0 aromatic heterocycles. The van der Waals surface area contributed by atoms with Gasteiger partial charge in [0.1, 0.15) is 73.2 Å². The normalized spacial score (nSPS) is 47.1. The van der Waals surface area contributed by atoms with Crippen molar-refractivity contribution < 1.29 is 98.4 Å². The van der Waals surface area contributed by atoms with E-state index >= 15 is 0 Å². The Morgan fingerprint density at radius 1 is 0.714 bits per heavy atom. The molecule has 2 unspecified atom stereocenters. The van der Waals surface area contributed by atoms with Gasteiger partial charge < -0.3 is 84.7 Å². The Bertz CT molecular complexity index is 869. The number of hydrogen-bond donors (Lipinski definition) is 12. The van der Waals surface area contributed by atoms with E-state index < -0.39 is 132 Å². The summed E-state index contributed by atoms with van der Waals surface area (Å²) in [4.78, 5) is 9.96. The molecule has 0 amide bonds. The molecule has 42 heavy (non-hydrogen) atoms. The van der Waals surface area contributed by atoms with Crippen LogP contribution < -0.4 is 0 Å². The summed E-state index contributed by atoms with van der Waals surface area (Å²) in [6.45, 7) is -2.16. The van der Waals surface area contributed by atoms with E-state index in [1.165, 1.54) is 6.92 Å². The molecular weight excluding hydrogens is 603 g/mol. The number of ether oxygens (including phenoxy) is 5. The molecule has 12 N–H and O–H groups in total. The van der Waals surface area contributed by atoms with E-state index in [1.807, 2.05) is 0 Å². The van der Waals surface area contributed by atoms with Crippen molar-refractivity contribution in [1.82, 2.24) is 0 Å². The maximum atomic E-state index is 12.3. The Morgan fingerprint density at radius 3 is 1.88 bits per heavy atom. The summed E-state index contributed by atoms with van der Waals surface area (Å²) in [6, 6.07) is 0. The lowest BCUT2D eigenvalue weighted by atomic mass is 9.96. The van der Waals surface area contributed by atoms with Crippen LogP contribution in [0.4, 0.5) is 0 Å². The third-order valence-corrected chi connectivity index (χ3v) is 7.91. The van der Waals surface area contributed by atoms with Crippen LogP contribution in [0.1, 0.15) is 6.92 Å². The fourth-order valence-electron chi connectivity index (χ4n) is 4.52. The van der Waals surface area contributed by atoms with Gasteiger partial charge in [-0.3, -0.25) is 9.05 Å². The van der Waals surface area contributed by atoms with Gasteiger partial charge in [0.25, 0.3) is 0 Å². The van der Waals surface area contributed by atoms with Crippen LogP contribution in [0.15, 0.2) is 0 Å². The fraction of sp³-hybridized carbons (Fsp3) is 1.00. The third-order valence-electron chi connectivity index (χ3n) is 6.92. The minimum Gasteiger partial charge on any atom is -0.394 e. The number of aliphatic hydroxyl groups excluding tert-OH is 11. The average Bonchev–Trinajstić information content (AvgIpc) is 2.95. The predicted molar refractivity (Wildman–Crippen MR) is 128 cm³/mol. The second kappa shape index (κ2) is 15.2. The van der Waals surface area contributed by atoms with Gasteiger partial charge in [0.15, 0.2) is 18.9 Å². The lowest BCUT2D eigenvalue weighted by Crippen LogP contribution is -2.66. The van der Waals surface area contributed by atoms with Crippen molar-refractivity contribution in [1.29, 1.82) is 0 Å². The molecule has 3 fully saturated rings. The lowest BCUT2D eigenvalue weighted by Gasteiger charge is -2.48. The highest BCUT2D eigenvalue weighted by atomic mass is 31.2. The minimum absolute atomic E-state index is 0.822. The van der Waals surface area contributed by atoms with Crippen molar-refractivity contribution in [2.24, 2.45) is 0 Å². The summed E-state index contributed by atoms with van der Waals surface area (Å²) in [7, 11) is -5.12. The number of phosphoric ester groups is 1. The fourth-order valence-corrected chi connectivity index (χ4v) is 5.50. The van der Waals surface area contributed by atoms with Crippen LogP contribution in [0.5, 0.6) is 0 Å². The highest BCUT2D eigenvalue weighted by Gasteiger charge is 2.54. The molecule has 21 heteroatoms. The van der Waals surface area contributed by atoms with Gasteiger partial charge in [0.2, 0.25) is 0 Å². The van der Waals surface area contributed by atoms with Crippen LogP contribution in [0.3, 0.4) is 0 Å². The second-order valence-electron chi connectivity index (χ2n) is 10.00. The maximum absolute atomic E-state index is 12.3. The van der Waals surface area contributed by atoms with Crippen LogP contribution in [0.2, 0.25) is 0 Å². The zero-order valence-electron chi connectivity index (χ0n) is 22.1. The van der Waals surface area contributed by atoms with Crippen molar-refractivity contribution in [3.8, 4) is 0 Å². The standard InChI is InChI=1S/C21H39O20P/c1-6-10(26)17(14(30)19(32)36-6)40-20-13(29)12(28)16(9(4-24)38-20)39-21-15(31)18(11(27)8(3-23)37-21)41-42(33,34)35-5-7(25)2-22/h6-32H,2-5H2,1H3,(H,33,34)/t6-,7?,8+,9+,10-,11-,12+,13+,14+,15+,16+,17+,18-,19+,20+,21-/m0/s1. The van der Waals surface area contributed by atoms with Crippen LogP contribution >= 0.6 is 7.82 Å². The quantitative estimate of drug-likeness (QED) is 0.0880. The molecule has 0 saturated carbocycles. The highest BCUT2D eigenvalue weighted by molar-refractivity contribution is 7.47. The molecule has 0 bridgehead atoms. The van der Waals surface area contributed by atoms with Crippen LogP contribution in [-0.2, 0) is 37.3 Å². The molecule has 0 aliphatic carbocycles. The van der Waals surface area contributed by atoms with E-state index in [1.54, 1.807) is 0 Å². The monoisotopic (exact) mass is 642 g/mol. The molecule has 0 spiro atoms. The predicted octanol–water partition coefficient (Wildman–Crippen LogP) is -7.05. The Labute approximate surface area is 238 Å². The van der Waals surface area contributed by atoms with E-state index in [0.29, 0.717) is 0 Å². The minimum atomic E-state index is -5.12. The van der Waals surface area contributed by atoms with Gasteiger partial charge in [-0.05, 0) is 6.92 Å². The van der Waals surface area contributed by atoms with Crippen LogP contribution in [0.25, 0.3) is 0 Å². The summed E-state index contributed by atoms with van der Waals surface area (Å²) < 4.78 is 48.3. The molecule has 3 heterocycles. The molecule has 0 aromatic rings. The average molecular weight is 642 g/mol. The molecule has 17 atom stereocenters.